The molecular weight excluding hydrogens is 527 g/mol. The van der Waals surface area contributed by atoms with E-state index in [0.29, 0.717) is 30.7 Å². The summed E-state index contributed by atoms with van der Waals surface area (Å²) in [5.74, 6) is 0.128. The maximum Gasteiger partial charge on any atom is 0.327 e. The number of nitrogens with two attached hydrogens (primary N) is 1. The monoisotopic (exact) mass is 560 g/mol. The number of rotatable bonds is 9. The zero-order valence-electron chi connectivity index (χ0n) is 20.9. The molecule has 2 aliphatic heterocycles. The van der Waals surface area contributed by atoms with Crippen molar-refractivity contribution in [3.05, 3.63) is 6.33 Å². The van der Waals surface area contributed by atoms with Crippen LogP contribution in [-0.2, 0) is 23.4 Å². The van der Waals surface area contributed by atoms with Gasteiger partial charge in [0.05, 0.1) is 26.7 Å². The molecule has 0 amide bonds. The summed E-state index contributed by atoms with van der Waals surface area (Å²) in [5, 5.41) is 24.9. The largest absolute Gasteiger partial charge is 0.479 e. The number of hydrogen-bond acceptors (Lipinski definition) is 13. The highest BCUT2D eigenvalue weighted by Gasteiger charge is 2.54. The van der Waals surface area contributed by atoms with Gasteiger partial charge in [-0.3, -0.25) is 13.9 Å². The molecule has 16 heteroatoms. The number of esters is 1. The zero-order chi connectivity index (χ0) is 26.8. The standard InChI is InChI=1S/C21H33N6O8PS/c1-4-5-8-33-18(29)12-7-6-9-37-36(31,26-12)34-10-13-15(28)21(2,30)19(35-13)27-11-23-14-16(27)24-20(22)25-17(14)32-3/h11-13,15,19,28,30H,4-10H2,1-3H3,(H,26,31)(H2,22,24,25)/t12-,13+,15+,19+,21+,36?/m0/s1. The van der Waals surface area contributed by atoms with Crippen LogP contribution in [-0.4, -0.2) is 85.6 Å². The molecule has 4 heterocycles. The van der Waals surface area contributed by atoms with Gasteiger partial charge < -0.3 is 34.7 Å². The van der Waals surface area contributed by atoms with Crippen molar-refractivity contribution in [2.24, 2.45) is 0 Å². The van der Waals surface area contributed by atoms with Crippen molar-refractivity contribution in [2.75, 3.05) is 31.8 Å². The number of fused-ring (bicyclic) bond motifs is 1. The maximum atomic E-state index is 13.5. The van der Waals surface area contributed by atoms with Crippen LogP contribution in [0.15, 0.2) is 6.33 Å². The van der Waals surface area contributed by atoms with Crippen LogP contribution in [0.2, 0.25) is 0 Å². The molecule has 1 unspecified atom stereocenters. The molecule has 14 nitrogen and oxygen atoms in total. The van der Waals surface area contributed by atoms with Crippen LogP contribution >= 0.6 is 18.1 Å². The predicted octanol–water partition coefficient (Wildman–Crippen LogP) is 1.38. The number of carbonyl (C=O) groups excluding carboxylic acids is 1. The Kier molecular flexibility index (Phi) is 8.63. The van der Waals surface area contributed by atoms with Crippen LogP contribution in [0, 0.1) is 0 Å². The van der Waals surface area contributed by atoms with Crippen LogP contribution in [0.1, 0.15) is 45.8 Å². The molecule has 2 saturated heterocycles. The van der Waals surface area contributed by atoms with Gasteiger partial charge in [-0.05, 0) is 26.2 Å². The third kappa shape index (κ3) is 5.87. The highest BCUT2D eigenvalue weighted by Crippen LogP contribution is 2.58. The van der Waals surface area contributed by atoms with Gasteiger partial charge in [0.1, 0.15) is 23.9 Å². The van der Waals surface area contributed by atoms with E-state index >= 15 is 0 Å². The number of aromatic nitrogens is 4. The number of carbonyl (C=O) groups is 1. The van der Waals surface area contributed by atoms with Gasteiger partial charge in [-0.25, -0.2) is 10.1 Å². The van der Waals surface area contributed by atoms with Crippen molar-refractivity contribution in [3.63, 3.8) is 0 Å². The Balaban J connectivity index is 1.47. The van der Waals surface area contributed by atoms with Crippen LogP contribution in [0.5, 0.6) is 5.88 Å². The third-order valence-electron chi connectivity index (χ3n) is 6.26. The van der Waals surface area contributed by atoms with Gasteiger partial charge in [0.2, 0.25) is 11.8 Å². The Bertz CT molecular complexity index is 1170. The Hall–Kier alpha value is -2.00. The average molecular weight is 561 g/mol. The molecule has 37 heavy (non-hydrogen) atoms. The maximum absolute atomic E-state index is 13.5. The third-order valence-corrected chi connectivity index (χ3v) is 10.4. The summed E-state index contributed by atoms with van der Waals surface area (Å²) in [7, 11) is 1.41. The molecule has 0 saturated carbocycles. The molecule has 6 atom stereocenters. The van der Waals surface area contributed by atoms with Gasteiger partial charge >= 0.3 is 12.7 Å². The molecule has 0 bridgehead atoms. The topological polar surface area (TPSA) is 193 Å². The fraction of sp³-hybridized carbons (Fsp3) is 0.714. The molecule has 2 aromatic heterocycles. The lowest BCUT2D eigenvalue weighted by molar-refractivity contribution is -0.146. The summed E-state index contributed by atoms with van der Waals surface area (Å²) in [6.45, 7) is -0.156. The number of nitrogens with one attached hydrogen (secondary N) is 1. The minimum Gasteiger partial charge on any atom is -0.479 e. The predicted molar refractivity (Wildman–Crippen MR) is 135 cm³/mol. The van der Waals surface area contributed by atoms with E-state index in [1.54, 1.807) is 0 Å². The summed E-state index contributed by atoms with van der Waals surface area (Å²) in [6, 6.07) is -0.764. The van der Waals surface area contributed by atoms with Crippen LogP contribution in [0.3, 0.4) is 0 Å². The number of anilines is 1. The van der Waals surface area contributed by atoms with E-state index in [4.69, 9.17) is 24.5 Å². The SMILES string of the molecule is CCCCOC(=O)[C@@H]1CCCSP(=O)(OC[C@H]2O[C@@H](n3cnc4c(OC)nc(N)nc43)[C@](C)(O)[C@@H]2O)N1. The number of aliphatic hydroxyl groups excluding tert-OH is 1. The quantitative estimate of drug-likeness (QED) is 0.195. The lowest BCUT2D eigenvalue weighted by atomic mass is 9.96. The number of hydrogen-bond donors (Lipinski definition) is 4. The van der Waals surface area contributed by atoms with Gasteiger partial charge in [0.15, 0.2) is 17.4 Å². The van der Waals surface area contributed by atoms with Crippen molar-refractivity contribution >= 4 is 41.2 Å². The first-order valence-corrected chi connectivity index (χ1v) is 15.2. The lowest BCUT2D eigenvalue weighted by Crippen LogP contribution is -2.44. The Morgan fingerprint density at radius 2 is 2.24 bits per heavy atom. The van der Waals surface area contributed by atoms with E-state index in [1.165, 1.54) is 24.9 Å². The van der Waals surface area contributed by atoms with Crippen molar-refractivity contribution in [1.82, 2.24) is 24.6 Å². The van der Waals surface area contributed by atoms with Crippen molar-refractivity contribution in [1.29, 1.82) is 0 Å². The second-order valence-electron chi connectivity index (χ2n) is 9.08. The van der Waals surface area contributed by atoms with E-state index in [1.807, 2.05) is 6.92 Å². The Labute approximate surface area is 217 Å². The zero-order valence-corrected chi connectivity index (χ0v) is 22.6. The second-order valence-corrected chi connectivity index (χ2v) is 13.5. The van der Waals surface area contributed by atoms with E-state index in [2.05, 4.69) is 20.0 Å². The molecule has 0 spiro atoms. The molecule has 206 valence electrons. The second kappa shape index (κ2) is 11.4. The van der Waals surface area contributed by atoms with Gasteiger partial charge in [-0.15, -0.1) is 0 Å². The van der Waals surface area contributed by atoms with Crippen LogP contribution in [0.25, 0.3) is 11.2 Å². The average Bonchev–Trinajstić information content (AvgIpc) is 3.28. The first kappa shape index (κ1) is 28.0. The van der Waals surface area contributed by atoms with Gasteiger partial charge in [0, 0.05) is 5.75 Å². The molecule has 0 radical (unpaired) electrons. The first-order chi connectivity index (χ1) is 17.6. The first-order valence-electron chi connectivity index (χ1n) is 12.0. The molecule has 2 aromatic rings. The smallest absolute Gasteiger partial charge is 0.327 e. The summed E-state index contributed by atoms with van der Waals surface area (Å²) in [5.41, 5.74) is 4.53. The van der Waals surface area contributed by atoms with Crippen LogP contribution in [0.4, 0.5) is 5.95 Å². The molecular formula is C21H33N6O8PS. The summed E-state index contributed by atoms with van der Waals surface area (Å²) >= 11 is 1.08. The van der Waals surface area contributed by atoms with Gasteiger partial charge in [0.25, 0.3) is 0 Å². The number of methoxy groups -OCH3 is 1. The fourth-order valence-electron chi connectivity index (χ4n) is 4.20. The minimum atomic E-state index is -3.54. The van der Waals surface area contributed by atoms with Crippen molar-refractivity contribution in [2.45, 2.75) is 69.6 Å². The Morgan fingerprint density at radius 3 is 2.97 bits per heavy atom. The Morgan fingerprint density at radius 1 is 1.46 bits per heavy atom. The highest BCUT2D eigenvalue weighted by atomic mass is 32.7. The van der Waals surface area contributed by atoms with Crippen molar-refractivity contribution in [3.8, 4) is 5.88 Å². The van der Waals surface area contributed by atoms with E-state index in [9.17, 15) is 19.6 Å². The minimum absolute atomic E-state index is 0.0680. The fourth-order valence-corrected chi connectivity index (χ4v) is 8.04. The number of aliphatic hydroxyl groups is 2. The molecule has 0 aromatic carbocycles. The lowest BCUT2D eigenvalue weighted by Gasteiger charge is -2.27. The molecule has 0 aliphatic carbocycles. The number of imidazole rings is 1. The van der Waals surface area contributed by atoms with E-state index in [-0.39, 0.29) is 24.1 Å². The summed E-state index contributed by atoms with van der Waals surface area (Å²) < 4.78 is 37.1. The summed E-state index contributed by atoms with van der Waals surface area (Å²) in [4.78, 5) is 24.9. The number of nitrogens with zero attached hydrogens (tertiary/aromatic N) is 4. The number of ether oxygens (including phenoxy) is 3. The normalized spacial score (nSPS) is 32.4. The molecule has 2 aliphatic rings. The van der Waals surface area contributed by atoms with Crippen LogP contribution < -0.4 is 15.6 Å². The van der Waals surface area contributed by atoms with Gasteiger partial charge in [-0.1, -0.05) is 24.7 Å². The van der Waals surface area contributed by atoms with E-state index < -0.39 is 42.8 Å². The number of unbranched alkanes of at least 4 members (excludes halogenated alkanes) is 1. The molecule has 2 fully saturated rings. The highest BCUT2D eigenvalue weighted by molar-refractivity contribution is 8.56. The number of nitrogen functional groups attached to an aromatic ring is 1. The van der Waals surface area contributed by atoms with Crippen molar-refractivity contribution < 1.29 is 38.3 Å². The summed E-state index contributed by atoms with van der Waals surface area (Å²) in [6.07, 6.45) is 0.538. The van der Waals surface area contributed by atoms with Gasteiger partial charge in [-0.2, -0.15) is 9.97 Å². The van der Waals surface area contributed by atoms with E-state index in [0.717, 1.165) is 24.2 Å². The molecule has 5 N–H and O–H groups in total. The molecule has 4 rings (SSSR count).